The Balaban J connectivity index is 2.00. The molecule has 2 aromatic rings. The summed E-state index contributed by atoms with van der Waals surface area (Å²) in [4.78, 5) is 12.1. The molecule has 0 aliphatic carbocycles. The molecule has 0 fully saturated rings. The summed E-state index contributed by atoms with van der Waals surface area (Å²) in [6.45, 7) is 6.21. The fourth-order valence-corrected chi connectivity index (χ4v) is 2.51. The number of rotatable bonds is 6. The zero-order valence-electron chi connectivity index (χ0n) is 15.3. The minimum Gasteiger partial charge on any atom is -0.493 e. The summed E-state index contributed by atoms with van der Waals surface area (Å²) >= 11 is 0. The van der Waals surface area contributed by atoms with Crippen LogP contribution in [0.25, 0.3) is 0 Å². The Kier molecular flexibility index (Phi) is 6.17. The van der Waals surface area contributed by atoms with E-state index in [2.05, 4.69) is 37.4 Å². The first-order chi connectivity index (χ1) is 12.0. The second-order valence-electron chi connectivity index (χ2n) is 5.88. The van der Waals surface area contributed by atoms with E-state index < -0.39 is 0 Å². The number of aryl methyl sites for hydroxylation is 1. The van der Waals surface area contributed by atoms with Gasteiger partial charge < -0.3 is 9.47 Å². The van der Waals surface area contributed by atoms with E-state index in [1.165, 1.54) is 11.1 Å². The van der Waals surface area contributed by atoms with Gasteiger partial charge in [0.05, 0.1) is 26.9 Å². The van der Waals surface area contributed by atoms with Crippen LogP contribution in [0.4, 0.5) is 0 Å². The van der Waals surface area contributed by atoms with Crippen molar-refractivity contribution in [1.82, 2.24) is 5.43 Å². The average molecular weight is 340 g/mol. The molecule has 0 saturated carbocycles. The van der Waals surface area contributed by atoms with Crippen molar-refractivity contribution in [3.8, 4) is 11.5 Å². The lowest BCUT2D eigenvalue weighted by Crippen LogP contribution is -2.19. The highest BCUT2D eigenvalue weighted by molar-refractivity contribution is 5.85. The molecule has 132 valence electrons. The molecule has 0 bridgehead atoms. The van der Waals surface area contributed by atoms with Gasteiger partial charge in [0.2, 0.25) is 5.91 Å². The van der Waals surface area contributed by atoms with E-state index in [9.17, 15) is 4.79 Å². The standard InChI is InChI=1S/C20H24N2O3/c1-13-6-8-17(15(3)14(13)2)12-21-22-20(23)11-16-7-9-18(24-4)19(10-16)25-5/h6-10,12H,11H2,1-5H3,(H,22,23)/b21-12+. The molecule has 0 atom stereocenters. The number of benzene rings is 2. The number of nitrogens with one attached hydrogen (secondary N) is 1. The SMILES string of the molecule is COc1ccc(CC(=O)N/N=C/c2ccc(C)c(C)c2C)cc1OC. The fraction of sp³-hybridized carbons (Fsp3) is 0.300. The van der Waals surface area contributed by atoms with Crippen molar-refractivity contribution < 1.29 is 14.3 Å². The molecule has 0 aliphatic heterocycles. The number of amides is 1. The molecule has 5 nitrogen and oxygen atoms in total. The highest BCUT2D eigenvalue weighted by Crippen LogP contribution is 2.27. The number of carbonyl (C=O) groups is 1. The van der Waals surface area contributed by atoms with Crippen LogP contribution < -0.4 is 14.9 Å². The zero-order chi connectivity index (χ0) is 18.4. The summed E-state index contributed by atoms with van der Waals surface area (Å²) in [7, 11) is 3.14. The number of methoxy groups -OCH3 is 2. The molecule has 0 saturated heterocycles. The van der Waals surface area contributed by atoms with Crippen molar-refractivity contribution >= 4 is 12.1 Å². The largest absolute Gasteiger partial charge is 0.493 e. The van der Waals surface area contributed by atoms with Crippen molar-refractivity contribution in [3.63, 3.8) is 0 Å². The van der Waals surface area contributed by atoms with E-state index in [0.717, 1.165) is 16.7 Å². The predicted molar refractivity (Wildman–Crippen MR) is 99.6 cm³/mol. The maximum Gasteiger partial charge on any atom is 0.244 e. The number of hydrogen-bond acceptors (Lipinski definition) is 4. The van der Waals surface area contributed by atoms with Gasteiger partial charge in [0.1, 0.15) is 0 Å². The predicted octanol–water partition coefficient (Wildman–Crippen LogP) is 3.32. The minimum atomic E-state index is -0.190. The molecule has 0 unspecified atom stereocenters. The summed E-state index contributed by atoms with van der Waals surface area (Å²) in [5.74, 6) is 1.04. The molecule has 0 aliphatic rings. The molecule has 2 aromatic carbocycles. The van der Waals surface area contributed by atoms with Gasteiger partial charge in [-0.3, -0.25) is 4.79 Å². The van der Waals surface area contributed by atoms with E-state index in [-0.39, 0.29) is 12.3 Å². The highest BCUT2D eigenvalue weighted by atomic mass is 16.5. The summed E-state index contributed by atoms with van der Waals surface area (Å²) < 4.78 is 10.4. The van der Waals surface area contributed by atoms with Crippen LogP contribution in [0.2, 0.25) is 0 Å². The first kappa shape index (κ1) is 18.5. The number of hydrazone groups is 1. The van der Waals surface area contributed by atoms with Crippen molar-refractivity contribution in [2.75, 3.05) is 14.2 Å². The van der Waals surface area contributed by atoms with Gasteiger partial charge in [-0.25, -0.2) is 5.43 Å². The number of nitrogens with zero attached hydrogens (tertiary/aromatic N) is 1. The molecule has 1 amide bonds. The van der Waals surface area contributed by atoms with Gasteiger partial charge in [-0.05, 0) is 60.7 Å². The van der Waals surface area contributed by atoms with E-state index in [1.807, 2.05) is 12.1 Å². The van der Waals surface area contributed by atoms with Crippen molar-refractivity contribution in [2.45, 2.75) is 27.2 Å². The summed E-state index contributed by atoms with van der Waals surface area (Å²) in [6, 6.07) is 9.45. The Morgan fingerprint density at radius 3 is 2.44 bits per heavy atom. The molecule has 0 heterocycles. The molecule has 2 rings (SSSR count). The third-order valence-corrected chi connectivity index (χ3v) is 4.31. The smallest absolute Gasteiger partial charge is 0.244 e. The Labute approximate surface area is 148 Å². The van der Waals surface area contributed by atoms with Crippen molar-refractivity contribution in [1.29, 1.82) is 0 Å². The van der Waals surface area contributed by atoms with Gasteiger partial charge >= 0.3 is 0 Å². The summed E-state index contributed by atoms with van der Waals surface area (Å²) in [5, 5.41) is 4.07. The average Bonchev–Trinajstić information content (AvgIpc) is 2.61. The molecule has 0 radical (unpaired) electrons. The third-order valence-electron chi connectivity index (χ3n) is 4.31. The topological polar surface area (TPSA) is 59.9 Å². The van der Waals surface area contributed by atoms with Crippen LogP contribution in [0.3, 0.4) is 0 Å². The second kappa shape index (κ2) is 8.33. The lowest BCUT2D eigenvalue weighted by Gasteiger charge is -2.09. The first-order valence-electron chi connectivity index (χ1n) is 8.06. The van der Waals surface area contributed by atoms with Crippen LogP contribution in [0.1, 0.15) is 27.8 Å². The lowest BCUT2D eigenvalue weighted by molar-refractivity contribution is -0.120. The van der Waals surface area contributed by atoms with Crippen molar-refractivity contribution in [2.24, 2.45) is 5.10 Å². The Morgan fingerprint density at radius 2 is 1.76 bits per heavy atom. The molecule has 1 N–H and O–H groups in total. The Bertz CT molecular complexity index is 798. The van der Waals surface area contributed by atoms with Gasteiger partial charge in [0, 0.05) is 0 Å². The molecule has 0 aromatic heterocycles. The minimum absolute atomic E-state index is 0.190. The molecule has 25 heavy (non-hydrogen) atoms. The molecular formula is C20H24N2O3. The van der Waals surface area contributed by atoms with Gasteiger partial charge in [-0.2, -0.15) is 5.10 Å². The Hall–Kier alpha value is -2.82. The number of carbonyl (C=O) groups excluding carboxylic acids is 1. The maximum absolute atomic E-state index is 12.1. The van der Waals surface area contributed by atoms with Crippen LogP contribution in [0.5, 0.6) is 11.5 Å². The van der Waals surface area contributed by atoms with Crippen LogP contribution >= 0.6 is 0 Å². The zero-order valence-corrected chi connectivity index (χ0v) is 15.3. The highest BCUT2D eigenvalue weighted by Gasteiger charge is 2.08. The van der Waals surface area contributed by atoms with E-state index in [1.54, 1.807) is 32.6 Å². The number of hydrogen-bond donors (Lipinski definition) is 1. The fourth-order valence-electron chi connectivity index (χ4n) is 2.51. The van der Waals surface area contributed by atoms with Crippen LogP contribution in [0, 0.1) is 20.8 Å². The molecular weight excluding hydrogens is 316 g/mol. The third kappa shape index (κ3) is 4.59. The molecule has 0 spiro atoms. The second-order valence-corrected chi connectivity index (χ2v) is 5.88. The van der Waals surface area contributed by atoms with E-state index >= 15 is 0 Å². The van der Waals surface area contributed by atoms with Crippen LogP contribution in [-0.4, -0.2) is 26.3 Å². The monoisotopic (exact) mass is 340 g/mol. The van der Waals surface area contributed by atoms with Gasteiger partial charge in [0.25, 0.3) is 0 Å². The summed E-state index contributed by atoms with van der Waals surface area (Å²) in [5.41, 5.74) is 8.03. The Morgan fingerprint density at radius 1 is 1.04 bits per heavy atom. The number of ether oxygens (including phenoxy) is 2. The maximum atomic E-state index is 12.1. The summed E-state index contributed by atoms with van der Waals surface area (Å²) in [6.07, 6.45) is 1.89. The van der Waals surface area contributed by atoms with E-state index in [4.69, 9.17) is 9.47 Å². The van der Waals surface area contributed by atoms with Gasteiger partial charge in [0.15, 0.2) is 11.5 Å². The lowest BCUT2D eigenvalue weighted by atomic mass is 10.00. The normalized spacial score (nSPS) is 10.8. The van der Waals surface area contributed by atoms with Gasteiger partial charge in [-0.15, -0.1) is 0 Å². The van der Waals surface area contributed by atoms with Crippen molar-refractivity contribution in [3.05, 3.63) is 58.1 Å². The molecule has 5 heteroatoms. The van der Waals surface area contributed by atoms with Crippen LogP contribution in [-0.2, 0) is 11.2 Å². The van der Waals surface area contributed by atoms with Crippen LogP contribution in [0.15, 0.2) is 35.4 Å². The first-order valence-corrected chi connectivity index (χ1v) is 8.06. The van der Waals surface area contributed by atoms with Gasteiger partial charge in [-0.1, -0.05) is 18.2 Å². The van der Waals surface area contributed by atoms with E-state index in [0.29, 0.717) is 11.5 Å². The quantitative estimate of drug-likeness (QED) is 0.648.